The molecule has 0 saturated carbocycles. The number of fused-ring (bicyclic) bond motifs is 1. The first-order chi connectivity index (χ1) is 18.1. The van der Waals surface area contributed by atoms with Gasteiger partial charge in [0.25, 0.3) is 0 Å². The van der Waals surface area contributed by atoms with Crippen molar-refractivity contribution in [1.29, 1.82) is 5.26 Å². The molecule has 1 aliphatic rings. The highest BCUT2D eigenvalue weighted by molar-refractivity contribution is 6.35. The maximum absolute atomic E-state index is 9.91. The van der Waals surface area contributed by atoms with E-state index in [0.717, 1.165) is 29.6 Å². The van der Waals surface area contributed by atoms with E-state index in [9.17, 15) is 5.26 Å². The van der Waals surface area contributed by atoms with Crippen LogP contribution in [0.5, 0.6) is 11.5 Å². The first-order valence-corrected chi connectivity index (χ1v) is 12.8. The molecule has 0 aliphatic carbocycles. The molecule has 4 heterocycles. The van der Waals surface area contributed by atoms with Crippen molar-refractivity contribution in [3.63, 3.8) is 0 Å². The van der Waals surface area contributed by atoms with Crippen LogP contribution in [-0.2, 0) is 0 Å². The summed E-state index contributed by atoms with van der Waals surface area (Å²) in [5.74, 6) is 1.70. The number of nitrogens with zero attached hydrogens (tertiary/aromatic N) is 6. The fraction of sp³-hybridized carbons (Fsp3) is 0.333. The SMILES string of the molecule is COc1cc2[nH]nc(-c3cnc(N4CC(C)(N(C)C)C4)c(C#N)c3)c2cc1O[C@H](C)c1c(Cl)cncc1Cl. The number of anilines is 1. The Morgan fingerprint density at radius 2 is 1.84 bits per heavy atom. The number of hydrogen-bond donors (Lipinski definition) is 1. The van der Waals surface area contributed by atoms with Gasteiger partial charge in [0.1, 0.15) is 23.7 Å². The molecule has 1 aliphatic heterocycles. The second-order valence-electron chi connectivity index (χ2n) is 9.85. The Hall–Kier alpha value is -3.58. The zero-order valence-electron chi connectivity index (χ0n) is 21.7. The molecule has 9 nitrogen and oxygen atoms in total. The summed E-state index contributed by atoms with van der Waals surface area (Å²) in [4.78, 5) is 13.0. The second kappa shape index (κ2) is 9.95. The molecule has 1 fully saturated rings. The van der Waals surface area contributed by atoms with Gasteiger partial charge in [-0.3, -0.25) is 10.1 Å². The quantitative estimate of drug-likeness (QED) is 0.321. The van der Waals surface area contributed by atoms with Crippen molar-refractivity contribution in [2.45, 2.75) is 25.5 Å². The number of nitrogens with one attached hydrogen (secondary N) is 1. The van der Waals surface area contributed by atoms with Gasteiger partial charge < -0.3 is 19.3 Å². The minimum atomic E-state index is -0.477. The van der Waals surface area contributed by atoms with E-state index in [4.69, 9.17) is 32.7 Å². The Kier molecular flexibility index (Phi) is 6.82. The normalized spacial score (nSPS) is 15.3. The molecule has 11 heteroatoms. The number of aromatic amines is 1. The van der Waals surface area contributed by atoms with Crippen molar-refractivity contribution in [2.75, 3.05) is 39.2 Å². The first kappa shape index (κ1) is 26.0. The van der Waals surface area contributed by atoms with E-state index in [1.807, 2.05) is 25.1 Å². The van der Waals surface area contributed by atoms with Crippen LogP contribution in [0, 0.1) is 11.3 Å². The predicted octanol–water partition coefficient (Wildman–Crippen LogP) is 5.49. The van der Waals surface area contributed by atoms with E-state index in [2.05, 4.69) is 57.1 Å². The van der Waals surface area contributed by atoms with Crippen LogP contribution in [-0.4, -0.2) is 64.9 Å². The molecular formula is C27H27Cl2N7O2. The van der Waals surface area contributed by atoms with Crippen molar-refractivity contribution in [3.05, 3.63) is 58.0 Å². The molecule has 1 atom stereocenters. The second-order valence-corrected chi connectivity index (χ2v) is 10.7. The molecule has 0 radical (unpaired) electrons. The standard InChI is InChI=1S/C27H27Cl2N7O2/c1-15(24-19(28)11-31-12-20(24)29)38-23-7-18-21(8-22(23)37-5)33-34-25(18)17-6-16(9-30)26(32-10-17)36-13-27(2,14-36)35(3)4/h6-8,10-12,15H,13-14H2,1-5H3,(H,33,34)/t15-/m1/s1. The van der Waals surface area contributed by atoms with Crippen LogP contribution in [0.4, 0.5) is 5.82 Å². The topological polar surface area (TPSA) is 103 Å². The number of nitriles is 1. The summed E-state index contributed by atoms with van der Waals surface area (Å²) in [5.41, 5.74) is 3.31. The smallest absolute Gasteiger partial charge is 0.162 e. The molecule has 0 spiro atoms. The van der Waals surface area contributed by atoms with Gasteiger partial charge in [0.05, 0.1) is 33.8 Å². The van der Waals surface area contributed by atoms with Crippen molar-refractivity contribution in [3.8, 4) is 28.8 Å². The minimum Gasteiger partial charge on any atom is -0.493 e. The molecular weight excluding hydrogens is 525 g/mol. The van der Waals surface area contributed by atoms with E-state index in [0.29, 0.717) is 44.2 Å². The van der Waals surface area contributed by atoms with Gasteiger partial charge in [-0.05, 0) is 40.1 Å². The number of ether oxygens (including phenoxy) is 2. The van der Waals surface area contributed by atoms with Crippen molar-refractivity contribution in [2.24, 2.45) is 0 Å². The Morgan fingerprint density at radius 1 is 1.13 bits per heavy atom. The van der Waals surface area contributed by atoms with Crippen molar-refractivity contribution in [1.82, 2.24) is 25.1 Å². The Labute approximate surface area is 230 Å². The Morgan fingerprint density at radius 3 is 2.47 bits per heavy atom. The lowest BCUT2D eigenvalue weighted by Crippen LogP contribution is -2.67. The molecule has 1 saturated heterocycles. The third kappa shape index (κ3) is 4.49. The van der Waals surface area contributed by atoms with E-state index < -0.39 is 6.10 Å². The highest BCUT2D eigenvalue weighted by Crippen LogP contribution is 2.40. The van der Waals surface area contributed by atoms with Gasteiger partial charge in [0.2, 0.25) is 0 Å². The van der Waals surface area contributed by atoms with Gasteiger partial charge in [0, 0.05) is 54.3 Å². The minimum absolute atomic E-state index is 0.0583. The number of H-pyrrole nitrogens is 1. The summed E-state index contributed by atoms with van der Waals surface area (Å²) < 4.78 is 11.8. The average molecular weight is 552 g/mol. The molecule has 38 heavy (non-hydrogen) atoms. The van der Waals surface area contributed by atoms with Crippen molar-refractivity contribution >= 4 is 39.9 Å². The average Bonchev–Trinajstić information content (AvgIpc) is 3.28. The number of benzene rings is 1. The monoisotopic (exact) mass is 551 g/mol. The lowest BCUT2D eigenvalue weighted by molar-refractivity contribution is 0.132. The van der Waals surface area contributed by atoms with E-state index in [-0.39, 0.29) is 5.54 Å². The fourth-order valence-corrected chi connectivity index (χ4v) is 5.36. The van der Waals surface area contributed by atoms with E-state index in [1.165, 1.54) is 12.4 Å². The van der Waals surface area contributed by atoms with E-state index >= 15 is 0 Å². The lowest BCUT2D eigenvalue weighted by atomic mass is 9.90. The Bertz CT molecular complexity index is 1540. The van der Waals surface area contributed by atoms with Crippen LogP contribution >= 0.6 is 23.2 Å². The number of likely N-dealkylation sites (N-methyl/N-ethyl adjacent to an activating group) is 1. The molecule has 3 aromatic heterocycles. The third-order valence-electron chi connectivity index (χ3n) is 7.15. The number of methoxy groups -OCH3 is 1. The molecule has 4 aromatic rings. The van der Waals surface area contributed by atoms with Crippen LogP contribution in [0.2, 0.25) is 10.0 Å². The van der Waals surface area contributed by atoms with Crippen LogP contribution in [0.1, 0.15) is 31.1 Å². The number of hydrogen-bond acceptors (Lipinski definition) is 8. The molecule has 196 valence electrons. The summed E-state index contributed by atoms with van der Waals surface area (Å²) in [6, 6.07) is 7.80. The summed E-state index contributed by atoms with van der Waals surface area (Å²) >= 11 is 12.7. The fourth-order valence-electron chi connectivity index (χ4n) is 4.69. The lowest BCUT2D eigenvalue weighted by Gasteiger charge is -2.52. The maximum Gasteiger partial charge on any atom is 0.162 e. The summed E-state index contributed by atoms with van der Waals surface area (Å²) in [7, 11) is 5.70. The first-order valence-electron chi connectivity index (χ1n) is 12.0. The highest BCUT2D eigenvalue weighted by Gasteiger charge is 2.42. The van der Waals surface area contributed by atoms with Crippen LogP contribution < -0.4 is 14.4 Å². The third-order valence-corrected chi connectivity index (χ3v) is 7.75. The molecule has 0 bridgehead atoms. The zero-order chi connectivity index (χ0) is 27.2. The number of rotatable bonds is 7. The van der Waals surface area contributed by atoms with Crippen LogP contribution in [0.25, 0.3) is 22.2 Å². The van der Waals surface area contributed by atoms with Gasteiger partial charge in [-0.1, -0.05) is 23.2 Å². The molecule has 0 unspecified atom stereocenters. The maximum atomic E-state index is 9.91. The van der Waals surface area contributed by atoms with Crippen LogP contribution in [0.15, 0.2) is 36.8 Å². The predicted molar refractivity (Wildman–Crippen MR) is 148 cm³/mol. The van der Waals surface area contributed by atoms with Crippen molar-refractivity contribution < 1.29 is 9.47 Å². The summed E-state index contributed by atoms with van der Waals surface area (Å²) in [6.45, 7) is 5.66. The van der Waals surface area contributed by atoms with Gasteiger partial charge in [-0.15, -0.1) is 0 Å². The zero-order valence-corrected chi connectivity index (χ0v) is 23.2. The molecule has 1 aromatic carbocycles. The van der Waals surface area contributed by atoms with Gasteiger partial charge in [-0.25, -0.2) is 4.98 Å². The summed E-state index contributed by atoms with van der Waals surface area (Å²) in [5, 5.41) is 19.1. The van der Waals surface area contributed by atoms with E-state index in [1.54, 1.807) is 13.3 Å². The van der Waals surface area contributed by atoms with Gasteiger partial charge >= 0.3 is 0 Å². The number of aromatic nitrogens is 4. The molecule has 0 amide bonds. The number of halogens is 2. The summed E-state index contributed by atoms with van der Waals surface area (Å²) in [6.07, 6.45) is 4.33. The number of pyridine rings is 2. The van der Waals surface area contributed by atoms with Crippen LogP contribution in [0.3, 0.4) is 0 Å². The highest BCUT2D eigenvalue weighted by atomic mass is 35.5. The van der Waals surface area contributed by atoms with Gasteiger partial charge in [0.15, 0.2) is 11.5 Å². The Balaban J connectivity index is 1.49. The van der Waals surface area contributed by atoms with Gasteiger partial charge in [-0.2, -0.15) is 10.4 Å². The molecule has 5 rings (SSSR count). The largest absolute Gasteiger partial charge is 0.493 e. The molecule has 1 N–H and O–H groups in total.